The van der Waals surface area contributed by atoms with Gasteiger partial charge in [-0.05, 0) is 62.6 Å². The van der Waals surface area contributed by atoms with Crippen LogP contribution in [0.1, 0.15) is 49.6 Å². The molecule has 2 aromatic heterocycles. The van der Waals surface area contributed by atoms with Gasteiger partial charge in [0, 0.05) is 24.1 Å². The smallest absolute Gasteiger partial charge is 0.196 e. The third-order valence-corrected chi connectivity index (χ3v) is 7.08. The van der Waals surface area contributed by atoms with Gasteiger partial charge in [-0.25, -0.2) is 0 Å². The van der Waals surface area contributed by atoms with Crippen LogP contribution in [-0.2, 0) is 11.3 Å². The molecule has 1 N–H and O–H groups in total. The molecule has 8 heteroatoms. The Bertz CT molecular complexity index is 1130. The minimum absolute atomic E-state index is 0.0167. The normalized spacial score (nSPS) is 14.6. The minimum Gasteiger partial charge on any atom is -0.486 e. The molecule has 1 saturated carbocycles. The molecular formula is C26H31N5O2S. The Balaban J connectivity index is 1.45. The standard InChI is InChI=1S/C26H31N5O2S/c1-19-16-23(13-12-21(19)8-6-15-28-20(2)32-3)33-18-25-29-30-26(34-24-10-4-5-11-24)31(25)22-9-7-14-27-17-22/h7,9,12-14,16-17,20,24,28H,4-5,10-11,15,18H2,1-3H3. The molecule has 1 aromatic carbocycles. The summed E-state index contributed by atoms with van der Waals surface area (Å²) in [6.07, 6.45) is 8.63. The van der Waals surface area contributed by atoms with Crippen molar-refractivity contribution >= 4 is 11.8 Å². The molecule has 34 heavy (non-hydrogen) atoms. The van der Waals surface area contributed by atoms with Crippen molar-refractivity contribution in [1.29, 1.82) is 0 Å². The van der Waals surface area contributed by atoms with Crippen LogP contribution in [-0.4, -0.2) is 44.9 Å². The van der Waals surface area contributed by atoms with Crippen LogP contribution in [0.15, 0.2) is 47.9 Å². The van der Waals surface area contributed by atoms with Gasteiger partial charge < -0.3 is 9.47 Å². The Morgan fingerprint density at radius 1 is 1.24 bits per heavy atom. The van der Waals surface area contributed by atoms with E-state index in [4.69, 9.17) is 9.47 Å². The number of methoxy groups -OCH3 is 1. The summed E-state index contributed by atoms with van der Waals surface area (Å²) in [5, 5.41) is 13.6. The fourth-order valence-corrected chi connectivity index (χ4v) is 5.07. The van der Waals surface area contributed by atoms with E-state index >= 15 is 0 Å². The van der Waals surface area contributed by atoms with Crippen molar-refractivity contribution < 1.29 is 9.47 Å². The molecule has 7 nitrogen and oxygen atoms in total. The number of nitrogens with one attached hydrogen (secondary N) is 1. The lowest BCUT2D eigenvalue weighted by molar-refractivity contribution is 0.0934. The third kappa shape index (κ3) is 6.38. The van der Waals surface area contributed by atoms with Crippen LogP contribution in [0.2, 0.25) is 0 Å². The topological polar surface area (TPSA) is 74.1 Å². The van der Waals surface area contributed by atoms with E-state index in [-0.39, 0.29) is 6.23 Å². The molecule has 0 saturated heterocycles. The first-order valence-electron chi connectivity index (χ1n) is 11.6. The minimum atomic E-state index is -0.0167. The van der Waals surface area contributed by atoms with Gasteiger partial charge in [0.15, 0.2) is 11.0 Å². The molecule has 1 unspecified atom stereocenters. The van der Waals surface area contributed by atoms with Crippen molar-refractivity contribution in [3.05, 3.63) is 59.7 Å². The highest BCUT2D eigenvalue weighted by Gasteiger charge is 2.22. The number of hydrogen-bond acceptors (Lipinski definition) is 7. The van der Waals surface area contributed by atoms with Crippen molar-refractivity contribution in [3.8, 4) is 23.3 Å². The Labute approximate surface area is 205 Å². The fraction of sp³-hybridized carbons (Fsp3) is 0.423. The first-order valence-corrected chi connectivity index (χ1v) is 12.5. The van der Waals surface area contributed by atoms with Crippen LogP contribution in [0.3, 0.4) is 0 Å². The summed E-state index contributed by atoms with van der Waals surface area (Å²) in [5.41, 5.74) is 2.99. The summed E-state index contributed by atoms with van der Waals surface area (Å²) in [6.45, 7) is 4.87. The van der Waals surface area contributed by atoms with Crippen molar-refractivity contribution in [1.82, 2.24) is 25.1 Å². The molecular weight excluding hydrogens is 446 g/mol. The number of ether oxygens (including phenoxy) is 2. The number of aromatic nitrogens is 4. The van der Waals surface area contributed by atoms with Crippen LogP contribution >= 0.6 is 11.8 Å². The van der Waals surface area contributed by atoms with Gasteiger partial charge in [-0.1, -0.05) is 36.4 Å². The second kappa shape index (κ2) is 12.0. The zero-order chi connectivity index (χ0) is 23.8. The molecule has 0 radical (unpaired) electrons. The van der Waals surface area contributed by atoms with Gasteiger partial charge >= 0.3 is 0 Å². The van der Waals surface area contributed by atoms with Crippen molar-refractivity contribution in [2.24, 2.45) is 0 Å². The van der Waals surface area contributed by atoms with Crippen LogP contribution in [0.25, 0.3) is 5.69 Å². The van der Waals surface area contributed by atoms with E-state index in [9.17, 15) is 0 Å². The molecule has 1 atom stereocenters. The average Bonchev–Trinajstić information content (AvgIpc) is 3.52. The van der Waals surface area contributed by atoms with Gasteiger partial charge in [0.1, 0.15) is 18.6 Å². The van der Waals surface area contributed by atoms with E-state index in [1.807, 2.05) is 62.1 Å². The van der Waals surface area contributed by atoms with E-state index in [2.05, 4.69) is 36.9 Å². The Hall–Kier alpha value is -2.86. The Morgan fingerprint density at radius 2 is 2.09 bits per heavy atom. The first-order chi connectivity index (χ1) is 16.6. The van der Waals surface area contributed by atoms with Crippen LogP contribution in [0, 0.1) is 18.8 Å². The second-order valence-electron chi connectivity index (χ2n) is 8.30. The maximum Gasteiger partial charge on any atom is 0.196 e. The molecule has 0 spiro atoms. The van der Waals surface area contributed by atoms with Crippen LogP contribution in [0.4, 0.5) is 0 Å². The van der Waals surface area contributed by atoms with Crippen LogP contribution < -0.4 is 10.1 Å². The molecule has 4 rings (SSSR count). The molecule has 0 amide bonds. The van der Waals surface area contributed by atoms with Crippen LogP contribution in [0.5, 0.6) is 5.75 Å². The molecule has 1 aliphatic rings. The fourth-order valence-electron chi connectivity index (χ4n) is 3.80. The van der Waals surface area contributed by atoms with E-state index in [1.54, 1.807) is 13.3 Å². The van der Waals surface area contributed by atoms with Gasteiger partial charge in [0.2, 0.25) is 0 Å². The first kappa shape index (κ1) is 24.3. The highest BCUT2D eigenvalue weighted by Crippen LogP contribution is 2.35. The summed E-state index contributed by atoms with van der Waals surface area (Å²) >= 11 is 1.81. The summed E-state index contributed by atoms with van der Waals surface area (Å²) in [7, 11) is 1.67. The average molecular weight is 478 g/mol. The zero-order valence-corrected chi connectivity index (χ0v) is 20.8. The van der Waals surface area contributed by atoms with E-state index < -0.39 is 0 Å². The highest BCUT2D eigenvalue weighted by molar-refractivity contribution is 7.99. The second-order valence-corrected chi connectivity index (χ2v) is 9.56. The molecule has 2 heterocycles. The number of hydrogen-bond donors (Lipinski definition) is 1. The summed E-state index contributed by atoms with van der Waals surface area (Å²) in [6, 6.07) is 9.90. The maximum absolute atomic E-state index is 6.11. The molecule has 0 bridgehead atoms. The Morgan fingerprint density at radius 3 is 2.82 bits per heavy atom. The lowest BCUT2D eigenvalue weighted by Gasteiger charge is -2.13. The monoisotopic (exact) mass is 477 g/mol. The van der Waals surface area contributed by atoms with Gasteiger partial charge in [0.05, 0.1) is 18.4 Å². The number of benzene rings is 1. The largest absolute Gasteiger partial charge is 0.486 e. The van der Waals surface area contributed by atoms with E-state index in [0.717, 1.165) is 33.5 Å². The molecule has 178 valence electrons. The quantitative estimate of drug-likeness (QED) is 0.359. The zero-order valence-electron chi connectivity index (χ0n) is 20.0. The number of pyridine rings is 1. The molecule has 1 aliphatic carbocycles. The predicted octanol–water partition coefficient (Wildman–Crippen LogP) is 4.52. The number of thioether (sulfide) groups is 1. The van der Waals surface area contributed by atoms with Crippen molar-refractivity contribution in [2.75, 3.05) is 13.7 Å². The lowest BCUT2D eigenvalue weighted by Crippen LogP contribution is -2.27. The predicted molar refractivity (Wildman–Crippen MR) is 134 cm³/mol. The van der Waals surface area contributed by atoms with Crippen molar-refractivity contribution in [2.45, 2.75) is 62.8 Å². The van der Waals surface area contributed by atoms with E-state index in [1.165, 1.54) is 25.7 Å². The number of nitrogens with zero attached hydrogens (tertiary/aromatic N) is 4. The van der Waals surface area contributed by atoms with Gasteiger partial charge in [0.25, 0.3) is 0 Å². The summed E-state index contributed by atoms with van der Waals surface area (Å²) in [4.78, 5) is 4.29. The maximum atomic E-state index is 6.11. The number of aryl methyl sites for hydroxylation is 1. The van der Waals surface area contributed by atoms with Gasteiger partial charge in [-0.2, -0.15) is 0 Å². The molecule has 1 fully saturated rings. The molecule has 0 aliphatic heterocycles. The molecule has 3 aromatic rings. The van der Waals surface area contributed by atoms with Gasteiger partial charge in [-0.3, -0.25) is 14.9 Å². The van der Waals surface area contributed by atoms with E-state index in [0.29, 0.717) is 18.4 Å². The van der Waals surface area contributed by atoms with Crippen molar-refractivity contribution in [3.63, 3.8) is 0 Å². The summed E-state index contributed by atoms with van der Waals surface area (Å²) in [5.74, 6) is 7.87. The third-order valence-electron chi connectivity index (χ3n) is 5.80. The summed E-state index contributed by atoms with van der Waals surface area (Å²) < 4.78 is 13.3. The Kier molecular flexibility index (Phi) is 8.58. The van der Waals surface area contributed by atoms with Gasteiger partial charge in [-0.15, -0.1) is 10.2 Å². The highest BCUT2D eigenvalue weighted by atomic mass is 32.2. The lowest BCUT2D eigenvalue weighted by atomic mass is 10.1. The SMILES string of the molecule is COC(C)NCC#Cc1ccc(OCc2nnc(SC3CCCC3)n2-c2cccnc2)cc1C. The number of rotatable bonds is 9.